The van der Waals surface area contributed by atoms with Gasteiger partial charge in [0.25, 0.3) is 8.32 Å². The van der Waals surface area contributed by atoms with Crippen LogP contribution in [0.4, 0.5) is 0 Å². The minimum Gasteiger partial charge on any atom is -0.407 e. The van der Waals surface area contributed by atoms with E-state index < -0.39 is 8.32 Å². The maximum absolute atomic E-state index is 12.8. The van der Waals surface area contributed by atoms with Gasteiger partial charge in [0.15, 0.2) is 0 Å². The van der Waals surface area contributed by atoms with E-state index in [1.807, 2.05) is 4.90 Å². The molecule has 0 unspecified atom stereocenters. The molecular formula is C30H43NO3Si. The third-order valence-corrected chi connectivity index (χ3v) is 12.8. The van der Waals surface area contributed by atoms with Gasteiger partial charge in [-0.2, -0.15) is 0 Å². The van der Waals surface area contributed by atoms with Crippen molar-refractivity contribution < 1.29 is 14.0 Å². The van der Waals surface area contributed by atoms with Crippen molar-refractivity contribution in [2.45, 2.75) is 89.4 Å². The minimum absolute atomic E-state index is 0.0213. The molecule has 0 radical (unpaired) electrons. The molecule has 2 aromatic carbocycles. The summed E-state index contributed by atoms with van der Waals surface area (Å²) in [5.41, 5.74) is 0. The number of benzene rings is 2. The van der Waals surface area contributed by atoms with Crippen molar-refractivity contribution in [2.24, 2.45) is 0 Å². The normalized spacial score (nSPS) is 21.6. The second-order valence-electron chi connectivity index (χ2n) is 11.3. The molecule has 2 atom stereocenters. The second-order valence-corrected chi connectivity index (χ2v) is 15.6. The molecule has 0 N–H and O–H groups in total. The Balaban J connectivity index is 1.42. The molecule has 0 saturated carbocycles. The van der Waals surface area contributed by atoms with E-state index in [9.17, 15) is 4.79 Å². The van der Waals surface area contributed by atoms with Crippen molar-refractivity contribution in [2.75, 3.05) is 19.7 Å². The number of hydrogen-bond donors (Lipinski definition) is 0. The number of rotatable bonds is 8. The van der Waals surface area contributed by atoms with Crippen LogP contribution in [0.2, 0.25) is 5.04 Å². The van der Waals surface area contributed by atoms with E-state index in [1.165, 1.54) is 16.8 Å². The Morgan fingerprint density at radius 2 is 1.46 bits per heavy atom. The first-order valence-electron chi connectivity index (χ1n) is 13.6. The quantitative estimate of drug-likeness (QED) is 0.469. The van der Waals surface area contributed by atoms with Crippen molar-refractivity contribution in [1.29, 1.82) is 0 Å². The number of nitrogens with zero attached hydrogens (tertiary/aromatic N) is 1. The SMILES string of the molecule is CC(C)(C)[Si](OCC[C@H]1CCC[C@@H](CC(=O)N2CCCCC2)O1)(c1ccccc1)c1ccccc1. The zero-order valence-corrected chi connectivity index (χ0v) is 22.9. The summed E-state index contributed by atoms with van der Waals surface area (Å²) in [7, 11) is -2.52. The molecule has 2 aliphatic heterocycles. The lowest BCUT2D eigenvalue weighted by Crippen LogP contribution is -2.66. The zero-order chi connectivity index (χ0) is 24.7. The number of carbonyl (C=O) groups excluding carboxylic acids is 1. The number of amides is 1. The van der Waals surface area contributed by atoms with Gasteiger partial charge in [0.05, 0.1) is 18.6 Å². The molecule has 5 heteroatoms. The summed E-state index contributed by atoms with van der Waals surface area (Å²) in [6.45, 7) is 9.46. The average Bonchev–Trinajstić information content (AvgIpc) is 2.88. The van der Waals surface area contributed by atoms with Gasteiger partial charge >= 0.3 is 0 Å². The van der Waals surface area contributed by atoms with Gasteiger partial charge < -0.3 is 14.1 Å². The van der Waals surface area contributed by atoms with E-state index in [2.05, 4.69) is 81.4 Å². The number of ether oxygens (including phenoxy) is 1. The first-order chi connectivity index (χ1) is 16.9. The minimum atomic E-state index is -2.52. The number of likely N-dealkylation sites (tertiary alicyclic amines) is 1. The van der Waals surface area contributed by atoms with E-state index in [0.29, 0.717) is 13.0 Å². The van der Waals surface area contributed by atoms with Crippen molar-refractivity contribution in [3.8, 4) is 0 Å². The molecule has 0 aliphatic carbocycles. The summed E-state index contributed by atoms with van der Waals surface area (Å²) < 4.78 is 13.5. The van der Waals surface area contributed by atoms with Crippen LogP contribution in [0, 0.1) is 0 Å². The largest absolute Gasteiger partial charge is 0.407 e. The lowest BCUT2D eigenvalue weighted by molar-refractivity contribution is -0.138. The standard InChI is InChI=1S/C30H43NO3Si/c1-30(2,3)35(27-16-7-4-8-17-27,28-18-9-5-10-19-28)33-23-20-25-14-13-15-26(34-25)24-29(32)31-21-11-6-12-22-31/h4-5,7-10,16-19,25-26H,6,11-15,20-24H2,1-3H3/t25-,26+/m1/s1. The van der Waals surface area contributed by atoms with Crippen LogP contribution in [-0.2, 0) is 14.0 Å². The lowest BCUT2D eigenvalue weighted by atomic mass is 9.99. The van der Waals surface area contributed by atoms with E-state index in [0.717, 1.165) is 51.6 Å². The molecule has 0 bridgehead atoms. The molecule has 0 aromatic heterocycles. The van der Waals surface area contributed by atoms with Gasteiger partial charge in [-0.3, -0.25) is 4.79 Å². The third kappa shape index (κ3) is 6.25. The average molecular weight is 494 g/mol. The van der Waals surface area contributed by atoms with Gasteiger partial charge in [0.2, 0.25) is 5.91 Å². The summed E-state index contributed by atoms with van der Waals surface area (Å²) in [6, 6.07) is 21.6. The molecule has 2 aliphatic rings. The maximum Gasteiger partial charge on any atom is 0.261 e. The van der Waals surface area contributed by atoms with Crippen LogP contribution >= 0.6 is 0 Å². The summed E-state index contributed by atoms with van der Waals surface area (Å²) in [6.07, 6.45) is 8.32. The Bertz CT molecular complexity index is 882. The van der Waals surface area contributed by atoms with E-state index >= 15 is 0 Å². The van der Waals surface area contributed by atoms with Crippen LogP contribution in [-0.4, -0.2) is 51.0 Å². The van der Waals surface area contributed by atoms with Crippen LogP contribution in [0.5, 0.6) is 0 Å². The van der Waals surface area contributed by atoms with Crippen molar-refractivity contribution in [1.82, 2.24) is 4.90 Å². The highest BCUT2D eigenvalue weighted by Crippen LogP contribution is 2.37. The van der Waals surface area contributed by atoms with E-state index in [4.69, 9.17) is 9.16 Å². The van der Waals surface area contributed by atoms with Gasteiger partial charge in [0.1, 0.15) is 0 Å². The number of piperidine rings is 1. The Morgan fingerprint density at radius 3 is 2.03 bits per heavy atom. The third-order valence-electron chi connectivity index (χ3n) is 7.72. The first-order valence-corrected chi connectivity index (χ1v) is 15.5. The van der Waals surface area contributed by atoms with Gasteiger partial charge in [-0.15, -0.1) is 0 Å². The molecule has 35 heavy (non-hydrogen) atoms. The topological polar surface area (TPSA) is 38.8 Å². The number of hydrogen-bond acceptors (Lipinski definition) is 3. The van der Waals surface area contributed by atoms with Crippen LogP contribution in [0.1, 0.15) is 72.1 Å². The molecule has 2 heterocycles. The molecule has 2 aromatic rings. The Hall–Kier alpha value is -1.95. The predicted molar refractivity (Wildman–Crippen MR) is 146 cm³/mol. The molecule has 1 amide bonds. The molecule has 2 saturated heterocycles. The summed E-state index contributed by atoms with van der Waals surface area (Å²) in [5.74, 6) is 0.277. The smallest absolute Gasteiger partial charge is 0.261 e. The summed E-state index contributed by atoms with van der Waals surface area (Å²) in [5, 5.41) is 2.61. The van der Waals surface area contributed by atoms with Crippen molar-refractivity contribution in [3.63, 3.8) is 0 Å². The Morgan fingerprint density at radius 1 is 0.886 bits per heavy atom. The molecule has 4 rings (SSSR count). The highest BCUT2D eigenvalue weighted by Gasteiger charge is 2.50. The molecule has 190 valence electrons. The fourth-order valence-corrected chi connectivity index (χ4v) is 10.5. The lowest BCUT2D eigenvalue weighted by Gasteiger charge is -2.43. The predicted octanol–water partition coefficient (Wildman–Crippen LogP) is 5.29. The maximum atomic E-state index is 12.8. The van der Waals surface area contributed by atoms with E-state index in [-0.39, 0.29) is 23.2 Å². The van der Waals surface area contributed by atoms with Crippen LogP contribution in [0.3, 0.4) is 0 Å². The van der Waals surface area contributed by atoms with Gasteiger partial charge in [-0.1, -0.05) is 81.4 Å². The zero-order valence-electron chi connectivity index (χ0n) is 21.9. The van der Waals surface area contributed by atoms with Gasteiger partial charge in [-0.25, -0.2) is 0 Å². The molecule has 0 spiro atoms. The fraction of sp³-hybridized carbons (Fsp3) is 0.567. The van der Waals surface area contributed by atoms with Crippen molar-refractivity contribution >= 4 is 24.6 Å². The van der Waals surface area contributed by atoms with E-state index in [1.54, 1.807) is 0 Å². The monoisotopic (exact) mass is 493 g/mol. The first kappa shape index (κ1) is 26.1. The summed E-state index contributed by atoms with van der Waals surface area (Å²) >= 11 is 0. The Labute approximate surface area is 213 Å². The fourth-order valence-electron chi connectivity index (χ4n) is 5.92. The Kier molecular flexibility index (Phi) is 8.85. The highest BCUT2D eigenvalue weighted by atomic mass is 28.4. The second kappa shape index (κ2) is 11.9. The van der Waals surface area contributed by atoms with Gasteiger partial charge in [0, 0.05) is 19.7 Å². The molecule has 4 nitrogen and oxygen atoms in total. The molecule has 2 fully saturated rings. The van der Waals surface area contributed by atoms with Crippen molar-refractivity contribution in [3.05, 3.63) is 60.7 Å². The number of carbonyl (C=O) groups is 1. The highest BCUT2D eigenvalue weighted by molar-refractivity contribution is 6.99. The van der Waals surface area contributed by atoms with Crippen LogP contribution in [0.25, 0.3) is 0 Å². The van der Waals surface area contributed by atoms with Crippen LogP contribution in [0.15, 0.2) is 60.7 Å². The van der Waals surface area contributed by atoms with Crippen LogP contribution < -0.4 is 10.4 Å². The molecular weight excluding hydrogens is 450 g/mol. The van der Waals surface area contributed by atoms with Gasteiger partial charge in [-0.05, 0) is 60.4 Å². The summed E-state index contributed by atoms with van der Waals surface area (Å²) in [4.78, 5) is 14.8.